The van der Waals surface area contributed by atoms with Gasteiger partial charge in [-0.25, -0.2) is 22.6 Å². The molecule has 9 heteroatoms. The fourth-order valence-electron chi connectivity index (χ4n) is 2.87. The minimum atomic E-state index is -3.23. The molecule has 3 nitrogen and oxygen atoms in total. The minimum absolute atomic E-state index is 0.0540. The van der Waals surface area contributed by atoms with Crippen LogP contribution in [0.4, 0.5) is 17.6 Å². The molecule has 0 aliphatic rings. The zero-order valence-corrected chi connectivity index (χ0v) is 19.7. The lowest BCUT2D eigenvalue weighted by Crippen LogP contribution is -2.23. The summed E-state index contributed by atoms with van der Waals surface area (Å²) in [6.45, 7) is 11.1. The Bertz CT molecular complexity index is 1030. The van der Waals surface area contributed by atoms with E-state index in [1.165, 1.54) is 43.4 Å². The first-order valence-corrected chi connectivity index (χ1v) is 11.1. The highest BCUT2D eigenvalue weighted by atomic mass is 32.1. The third-order valence-electron chi connectivity index (χ3n) is 4.81. The maximum Gasteiger partial charge on any atom is 0.284 e. The quantitative estimate of drug-likeness (QED) is 0.128. The van der Waals surface area contributed by atoms with Crippen molar-refractivity contribution < 1.29 is 22.4 Å². The summed E-state index contributed by atoms with van der Waals surface area (Å²) in [7, 11) is 0. The number of thiol groups is 1. The van der Waals surface area contributed by atoms with Crippen LogP contribution in [0.3, 0.4) is 0 Å². The normalized spacial score (nSPS) is 12.6. The summed E-state index contributed by atoms with van der Waals surface area (Å²) < 4.78 is 57.5. The highest BCUT2D eigenvalue weighted by Crippen LogP contribution is 2.40. The van der Waals surface area contributed by atoms with Crippen molar-refractivity contribution in [2.24, 2.45) is 5.10 Å². The number of hydrogen-bond acceptors (Lipinski definition) is 4. The summed E-state index contributed by atoms with van der Waals surface area (Å²) in [5.74, 6) is -7.01. The van der Waals surface area contributed by atoms with Gasteiger partial charge in [0.2, 0.25) is 0 Å². The van der Waals surface area contributed by atoms with Gasteiger partial charge in [-0.3, -0.25) is 4.79 Å². The van der Waals surface area contributed by atoms with E-state index < -0.39 is 41.7 Å². The second-order valence-corrected chi connectivity index (χ2v) is 8.60. The van der Waals surface area contributed by atoms with E-state index in [9.17, 15) is 22.4 Å². The number of amides is 1. The number of halogens is 4. The zero-order chi connectivity index (χ0) is 24.3. The third kappa shape index (κ3) is 5.69. The van der Waals surface area contributed by atoms with E-state index in [0.717, 1.165) is 11.1 Å². The first-order chi connectivity index (χ1) is 14.9. The van der Waals surface area contributed by atoms with Crippen molar-refractivity contribution in [2.75, 3.05) is 0 Å². The number of alkyl halides is 4. The highest BCUT2D eigenvalue weighted by Gasteiger charge is 2.35. The number of carbonyl (C=O) groups excluding carboxylic acids is 1. The molecule has 0 aliphatic heterocycles. The lowest BCUT2D eigenvalue weighted by Gasteiger charge is -2.21. The van der Waals surface area contributed by atoms with Crippen LogP contribution in [-0.4, -0.2) is 17.6 Å². The molecule has 172 valence electrons. The molecule has 0 fully saturated rings. The van der Waals surface area contributed by atoms with E-state index in [0.29, 0.717) is 16.1 Å². The molecule has 0 bridgehead atoms. The van der Waals surface area contributed by atoms with Crippen LogP contribution in [0, 0.1) is 0 Å². The summed E-state index contributed by atoms with van der Waals surface area (Å²) in [5.41, 5.74) is 0.175. The Hall–Kier alpha value is -2.39. The van der Waals surface area contributed by atoms with Crippen LogP contribution < -0.4 is 0 Å². The molecule has 0 aliphatic carbocycles. The van der Waals surface area contributed by atoms with E-state index in [2.05, 4.69) is 31.0 Å². The fraction of sp³-hybridized carbons (Fsp3) is 0.304. The van der Waals surface area contributed by atoms with Crippen molar-refractivity contribution in [1.82, 2.24) is 5.01 Å². The molecule has 0 radical (unpaired) electrons. The lowest BCUT2D eigenvalue weighted by atomic mass is 9.94. The van der Waals surface area contributed by atoms with Crippen LogP contribution in [0.25, 0.3) is 17.2 Å². The minimum Gasteiger partial charge on any atom is -0.266 e. The van der Waals surface area contributed by atoms with Crippen molar-refractivity contribution in [3.63, 3.8) is 0 Å². The van der Waals surface area contributed by atoms with Crippen molar-refractivity contribution in [2.45, 2.75) is 45.5 Å². The SMILES string of the molecule is C=NN(C(=C)C)C(=O)/C(S)=C/c1cc(-c2cc(C(F)(F)CC)cc(C(F)(F)CC)c2)cs1. The molecule has 0 saturated carbocycles. The Labute approximate surface area is 194 Å². The van der Waals surface area contributed by atoms with Gasteiger partial charge in [0.15, 0.2) is 0 Å². The van der Waals surface area contributed by atoms with Crippen LogP contribution in [-0.2, 0) is 16.6 Å². The van der Waals surface area contributed by atoms with Gasteiger partial charge in [-0.05, 0) is 53.8 Å². The Morgan fingerprint density at radius 1 is 1.09 bits per heavy atom. The van der Waals surface area contributed by atoms with Gasteiger partial charge < -0.3 is 0 Å². The number of hydrazone groups is 1. The smallest absolute Gasteiger partial charge is 0.266 e. The number of thiophene rings is 1. The van der Waals surface area contributed by atoms with Gasteiger partial charge >= 0.3 is 0 Å². The average molecular weight is 485 g/mol. The molecule has 2 rings (SSSR count). The van der Waals surface area contributed by atoms with Gasteiger partial charge in [-0.1, -0.05) is 20.4 Å². The number of allylic oxidation sites excluding steroid dienone is 1. The molecule has 0 saturated heterocycles. The maximum absolute atomic E-state index is 14.4. The molecule has 1 amide bonds. The standard InChI is InChI=1S/C23H24F4N2OS2/c1-6-22(24,25)17-8-15(9-18(11-17)23(26,27)7-2)16-10-19(32-13-16)12-20(31)21(30)29(28-5)14(3)4/h8-13,31H,3,5-7H2,1-2,4H3/b20-12-. The zero-order valence-electron chi connectivity index (χ0n) is 18.0. The molecular formula is C23H24F4N2OS2. The number of rotatable bonds is 9. The number of nitrogens with zero attached hydrogens (tertiary/aromatic N) is 2. The van der Waals surface area contributed by atoms with E-state index >= 15 is 0 Å². The van der Waals surface area contributed by atoms with Crippen molar-refractivity contribution >= 4 is 42.7 Å². The summed E-state index contributed by atoms with van der Waals surface area (Å²) in [4.78, 5) is 13.0. The first-order valence-electron chi connectivity index (χ1n) is 9.74. The first kappa shape index (κ1) is 25.9. The van der Waals surface area contributed by atoms with Crippen LogP contribution in [0.15, 0.2) is 51.9 Å². The summed E-state index contributed by atoms with van der Waals surface area (Å²) in [5, 5.41) is 6.23. The van der Waals surface area contributed by atoms with E-state index in [-0.39, 0.29) is 10.5 Å². The van der Waals surface area contributed by atoms with Gasteiger partial charge in [0.05, 0.1) is 4.91 Å². The van der Waals surface area contributed by atoms with Crippen LogP contribution >= 0.6 is 24.0 Å². The second-order valence-electron chi connectivity index (χ2n) is 7.18. The van der Waals surface area contributed by atoms with Crippen molar-refractivity contribution in [3.8, 4) is 11.1 Å². The number of hydrogen-bond donors (Lipinski definition) is 1. The molecule has 0 N–H and O–H groups in total. The molecule has 1 aromatic heterocycles. The van der Waals surface area contributed by atoms with Crippen molar-refractivity contribution in [1.29, 1.82) is 0 Å². The lowest BCUT2D eigenvalue weighted by molar-refractivity contribution is -0.124. The number of carbonyl (C=O) groups is 1. The van der Waals surface area contributed by atoms with Crippen LogP contribution in [0.1, 0.15) is 49.6 Å². The predicted molar refractivity (Wildman–Crippen MR) is 126 cm³/mol. The van der Waals surface area contributed by atoms with Gasteiger partial charge in [-0.15, -0.1) is 24.0 Å². The average Bonchev–Trinajstić information content (AvgIpc) is 3.22. The Morgan fingerprint density at radius 2 is 1.62 bits per heavy atom. The van der Waals surface area contributed by atoms with Crippen LogP contribution in [0.2, 0.25) is 0 Å². The van der Waals surface area contributed by atoms with E-state index in [1.54, 1.807) is 18.4 Å². The van der Waals surface area contributed by atoms with Gasteiger partial charge in [0.25, 0.3) is 17.8 Å². The molecule has 1 heterocycles. The second kappa shape index (κ2) is 10.0. The van der Waals surface area contributed by atoms with Crippen molar-refractivity contribution in [3.05, 3.63) is 62.8 Å². The van der Waals surface area contributed by atoms with Gasteiger partial charge in [0, 0.05) is 41.3 Å². The van der Waals surface area contributed by atoms with E-state index in [4.69, 9.17) is 0 Å². The Balaban J connectivity index is 2.51. The fourth-order valence-corrected chi connectivity index (χ4v) is 4.04. The monoisotopic (exact) mass is 484 g/mol. The summed E-state index contributed by atoms with van der Waals surface area (Å²) in [6, 6.07) is 4.96. The molecular weight excluding hydrogens is 460 g/mol. The molecule has 0 unspecified atom stereocenters. The molecule has 0 atom stereocenters. The number of benzene rings is 1. The largest absolute Gasteiger partial charge is 0.284 e. The third-order valence-corrected chi connectivity index (χ3v) is 6.01. The van der Waals surface area contributed by atoms with Gasteiger partial charge in [-0.2, -0.15) is 5.10 Å². The molecule has 0 spiro atoms. The molecule has 32 heavy (non-hydrogen) atoms. The van der Waals surface area contributed by atoms with Gasteiger partial charge in [0.1, 0.15) is 0 Å². The Kier molecular flexibility index (Phi) is 8.12. The molecule has 1 aromatic carbocycles. The molecule has 2 aromatic rings. The summed E-state index contributed by atoms with van der Waals surface area (Å²) >= 11 is 5.42. The summed E-state index contributed by atoms with van der Waals surface area (Å²) in [6.07, 6.45) is 0.465. The van der Waals surface area contributed by atoms with E-state index in [1.807, 2.05) is 0 Å². The predicted octanol–water partition coefficient (Wildman–Crippen LogP) is 7.67. The van der Waals surface area contributed by atoms with Crippen LogP contribution in [0.5, 0.6) is 0 Å². The topological polar surface area (TPSA) is 32.7 Å². The highest BCUT2D eigenvalue weighted by molar-refractivity contribution is 7.85. The Morgan fingerprint density at radius 3 is 2.06 bits per heavy atom. The maximum atomic E-state index is 14.4.